The highest BCUT2D eigenvalue weighted by molar-refractivity contribution is 7.12. The molecule has 0 radical (unpaired) electrons. The minimum Gasteiger partial charge on any atom is -0.484 e. The lowest BCUT2D eigenvalue weighted by molar-refractivity contribution is 0.0697. The Bertz CT molecular complexity index is 562. The zero-order valence-electron chi connectivity index (χ0n) is 10.6. The van der Waals surface area contributed by atoms with Gasteiger partial charge in [-0.05, 0) is 17.4 Å². The Morgan fingerprint density at radius 1 is 1.58 bits per heavy atom. The average Bonchev–Trinajstić information content (AvgIpc) is 2.93. The van der Waals surface area contributed by atoms with Crippen molar-refractivity contribution >= 4 is 17.3 Å². The van der Waals surface area contributed by atoms with Crippen LogP contribution in [-0.2, 0) is 13.0 Å². The predicted molar refractivity (Wildman–Crippen MR) is 68.5 cm³/mol. The van der Waals surface area contributed by atoms with E-state index in [1.807, 2.05) is 0 Å². The Morgan fingerprint density at radius 3 is 3.05 bits per heavy atom. The number of thiophene rings is 1. The van der Waals surface area contributed by atoms with Crippen LogP contribution in [0.15, 0.2) is 16.0 Å². The number of carbonyl (C=O) groups is 1. The third-order valence-electron chi connectivity index (χ3n) is 2.27. The fourth-order valence-electron chi connectivity index (χ4n) is 1.49. The molecule has 0 spiro atoms. The first kappa shape index (κ1) is 13.5. The first-order valence-electron chi connectivity index (χ1n) is 5.81. The summed E-state index contributed by atoms with van der Waals surface area (Å²) < 4.78 is 10.5. The summed E-state index contributed by atoms with van der Waals surface area (Å²) >= 11 is 1.12. The van der Waals surface area contributed by atoms with Crippen molar-refractivity contribution in [2.24, 2.45) is 5.92 Å². The second-order valence-corrected chi connectivity index (χ2v) is 5.33. The Morgan fingerprint density at radius 2 is 2.37 bits per heavy atom. The highest BCUT2D eigenvalue weighted by atomic mass is 32.1. The summed E-state index contributed by atoms with van der Waals surface area (Å²) in [4.78, 5) is 15.2. The van der Waals surface area contributed by atoms with Crippen LogP contribution in [0, 0.1) is 5.92 Å². The van der Waals surface area contributed by atoms with E-state index < -0.39 is 5.97 Å². The van der Waals surface area contributed by atoms with Gasteiger partial charge in [0.1, 0.15) is 5.75 Å². The van der Waals surface area contributed by atoms with E-state index in [0.29, 0.717) is 29.8 Å². The molecule has 19 heavy (non-hydrogen) atoms. The maximum Gasteiger partial charge on any atom is 0.349 e. The van der Waals surface area contributed by atoms with Gasteiger partial charge in [0.25, 0.3) is 0 Å². The van der Waals surface area contributed by atoms with Crippen LogP contribution in [0.25, 0.3) is 0 Å². The molecule has 2 aromatic rings. The van der Waals surface area contributed by atoms with E-state index in [0.717, 1.165) is 11.3 Å². The Labute approximate surface area is 114 Å². The molecule has 0 aromatic carbocycles. The zero-order valence-corrected chi connectivity index (χ0v) is 11.4. The van der Waals surface area contributed by atoms with Crippen molar-refractivity contribution in [1.29, 1.82) is 0 Å². The van der Waals surface area contributed by atoms with Gasteiger partial charge in [0.05, 0.1) is 0 Å². The predicted octanol–water partition coefficient (Wildman–Crippen LogP) is 2.61. The smallest absolute Gasteiger partial charge is 0.349 e. The van der Waals surface area contributed by atoms with Crippen LogP contribution in [0.2, 0.25) is 0 Å². The number of nitrogens with zero attached hydrogens (tertiary/aromatic N) is 2. The quantitative estimate of drug-likeness (QED) is 0.876. The third kappa shape index (κ3) is 3.54. The summed E-state index contributed by atoms with van der Waals surface area (Å²) in [6, 6.07) is 1.61. The molecule has 0 bridgehead atoms. The van der Waals surface area contributed by atoms with Crippen LogP contribution >= 0.6 is 11.3 Å². The van der Waals surface area contributed by atoms with Gasteiger partial charge in [-0.25, -0.2) is 4.79 Å². The topological polar surface area (TPSA) is 85.5 Å². The summed E-state index contributed by atoms with van der Waals surface area (Å²) in [5.41, 5.74) is 0. The largest absolute Gasteiger partial charge is 0.484 e. The normalized spacial score (nSPS) is 10.9. The molecule has 0 aliphatic carbocycles. The van der Waals surface area contributed by atoms with Crippen molar-refractivity contribution in [3.63, 3.8) is 0 Å². The van der Waals surface area contributed by atoms with E-state index in [2.05, 4.69) is 24.0 Å². The van der Waals surface area contributed by atoms with Crippen LogP contribution in [0.5, 0.6) is 5.75 Å². The van der Waals surface area contributed by atoms with E-state index in [9.17, 15) is 4.79 Å². The molecule has 0 saturated heterocycles. The SMILES string of the molecule is CC(C)Cc1nc(COc2ccsc2C(=O)O)no1. The van der Waals surface area contributed by atoms with Crippen LogP contribution < -0.4 is 4.74 Å². The van der Waals surface area contributed by atoms with Crippen LogP contribution in [-0.4, -0.2) is 21.2 Å². The molecule has 0 fully saturated rings. The summed E-state index contributed by atoms with van der Waals surface area (Å²) in [6.45, 7) is 4.22. The number of carboxylic acids is 1. The molecule has 2 heterocycles. The van der Waals surface area contributed by atoms with Crippen LogP contribution in [0.3, 0.4) is 0 Å². The lowest BCUT2D eigenvalue weighted by Gasteiger charge is -2.01. The molecule has 0 amide bonds. The maximum absolute atomic E-state index is 10.9. The van der Waals surface area contributed by atoms with E-state index in [4.69, 9.17) is 14.4 Å². The molecule has 0 atom stereocenters. The molecule has 0 unspecified atom stereocenters. The number of carboxylic acid groups (broad SMARTS) is 1. The van der Waals surface area contributed by atoms with E-state index in [1.165, 1.54) is 0 Å². The molecule has 2 aromatic heterocycles. The molecular formula is C12H14N2O4S. The number of ether oxygens (including phenoxy) is 1. The van der Waals surface area contributed by atoms with Gasteiger partial charge in [-0.2, -0.15) is 4.98 Å². The van der Waals surface area contributed by atoms with Gasteiger partial charge in [-0.3, -0.25) is 0 Å². The van der Waals surface area contributed by atoms with Crippen LogP contribution in [0.4, 0.5) is 0 Å². The number of rotatable bonds is 6. The molecule has 6 nitrogen and oxygen atoms in total. The highest BCUT2D eigenvalue weighted by Gasteiger charge is 2.14. The summed E-state index contributed by atoms with van der Waals surface area (Å²) in [6.07, 6.45) is 0.714. The lowest BCUT2D eigenvalue weighted by Crippen LogP contribution is -2.02. The van der Waals surface area contributed by atoms with Gasteiger partial charge in [-0.15, -0.1) is 11.3 Å². The fourth-order valence-corrected chi connectivity index (χ4v) is 2.16. The molecule has 102 valence electrons. The van der Waals surface area contributed by atoms with Crippen molar-refractivity contribution in [3.05, 3.63) is 28.0 Å². The monoisotopic (exact) mass is 282 g/mol. The summed E-state index contributed by atoms with van der Waals surface area (Å²) in [7, 11) is 0. The number of hydrogen-bond donors (Lipinski definition) is 1. The standard InChI is InChI=1S/C12H14N2O4S/c1-7(2)5-10-13-9(14-18-10)6-17-8-3-4-19-11(8)12(15)16/h3-4,7H,5-6H2,1-2H3,(H,15,16). The second-order valence-electron chi connectivity index (χ2n) is 4.41. The third-order valence-corrected chi connectivity index (χ3v) is 3.16. The van der Waals surface area contributed by atoms with Crippen molar-refractivity contribution in [1.82, 2.24) is 10.1 Å². The highest BCUT2D eigenvalue weighted by Crippen LogP contribution is 2.25. The molecular weight excluding hydrogens is 268 g/mol. The van der Waals surface area contributed by atoms with Crippen molar-refractivity contribution in [2.45, 2.75) is 26.9 Å². The van der Waals surface area contributed by atoms with Crippen molar-refractivity contribution in [3.8, 4) is 5.75 Å². The van der Waals surface area contributed by atoms with Gasteiger partial charge in [0, 0.05) is 6.42 Å². The molecule has 1 N–H and O–H groups in total. The van der Waals surface area contributed by atoms with E-state index in [1.54, 1.807) is 11.4 Å². The van der Waals surface area contributed by atoms with Gasteiger partial charge >= 0.3 is 5.97 Å². The first-order valence-corrected chi connectivity index (χ1v) is 6.69. The lowest BCUT2D eigenvalue weighted by atomic mass is 10.1. The molecule has 7 heteroatoms. The average molecular weight is 282 g/mol. The van der Waals surface area contributed by atoms with Crippen LogP contribution in [0.1, 0.15) is 35.2 Å². The Balaban J connectivity index is 1.96. The number of aromatic nitrogens is 2. The molecule has 0 aliphatic rings. The molecule has 0 aliphatic heterocycles. The Hall–Kier alpha value is -1.89. The van der Waals surface area contributed by atoms with Crippen molar-refractivity contribution in [2.75, 3.05) is 0 Å². The summed E-state index contributed by atoms with van der Waals surface area (Å²) in [5.74, 6) is 0.742. The van der Waals surface area contributed by atoms with Crippen molar-refractivity contribution < 1.29 is 19.2 Å². The fraction of sp³-hybridized carbons (Fsp3) is 0.417. The zero-order chi connectivity index (χ0) is 13.8. The molecule has 0 saturated carbocycles. The maximum atomic E-state index is 10.9. The van der Waals surface area contributed by atoms with Gasteiger partial charge < -0.3 is 14.4 Å². The van der Waals surface area contributed by atoms with E-state index in [-0.39, 0.29) is 11.5 Å². The number of aromatic carboxylic acids is 1. The minimum absolute atomic E-state index is 0.0958. The molecule has 2 rings (SSSR count). The Kier molecular flexibility index (Phi) is 4.16. The minimum atomic E-state index is -1.00. The van der Waals surface area contributed by atoms with E-state index >= 15 is 0 Å². The second kappa shape index (κ2) is 5.83. The van der Waals surface area contributed by atoms with Gasteiger partial charge in [0.2, 0.25) is 11.7 Å². The number of hydrogen-bond acceptors (Lipinski definition) is 6. The summed E-state index contributed by atoms with van der Waals surface area (Å²) in [5, 5.41) is 14.4. The van der Waals surface area contributed by atoms with Gasteiger partial charge in [0.15, 0.2) is 11.5 Å². The first-order chi connectivity index (χ1) is 9.06. The van der Waals surface area contributed by atoms with Gasteiger partial charge in [-0.1, -0.05) is 19.0 Å².